The lowest BCUT2D eigenvalue weighted by Crippen LogP contribution is -2.56. The van der Waals surface area contributed by atoms with Crippen molar-refractivity contribution >= 4 is 28.9 Å². The molecule has 4 saturated carbocycles. The number of carbonyl (C=O) groups is 1. The first-order valence-corrected chi connectivity index (χ1v) is 10.9. The number of esters is 1. The van der Waals surface area contributed by atoms with Crippen LogP contribution in [-0.2, 0) is 9.53 Å². The summed E-state index contributed by atoms with van der Waals surface area (Å²) >= 11 is 6.23. The highest BCUT2D eigenvalue weighted by Gasteiger charge is 2.54. The van der Waals surface area contributed by atoms with Gasteiger partial charge in [-0.1, -0.05) is 6.92 Å². The second kappa shape index (κ2) is 6.61. The van der Waals surface area contributed by atoms with E-state index in [-0.39, 0.29) is 28.6 Å². The molecule has 150 valence electrons. The maximum Gasteiger partial charge on any atom is 0.311 e. The summed E-state index contributed by atoms with van der Waals surface area (Å²) in [5.41, 5.74) is 2.20. The highest BCUT2D eigenvalue weighted by molar-refractivity contribution is 6.28. The lowest BCUT2D eigenvalue weighted by atomic mass is 9.53. The molecule has 2 bridgehead atoms. The van der Waals surface area contributed by atoms with Crippen molar-refractivity contribution in [2.24, 2.45) is 17.3 Å². The Labute approximate surface area is 170 Å². The summed E-state index contributed by atoms with van der Waals surface area (Å²) < 4.78 is 7.31. The minimum absolute atomic E-state index is 0.0144. The Morgan fingerprint density at radius 2 is 2.11 bits per heavy atom. The van der Waals surface area contributed by atoms with E-state index in [0.717, 1.165) is 37.0 Å². The number of halogens is 1. The summed E-state index contributed by atoms with van der Waals surface area (Å²) in [6.07, 6.45) is 8.94. The number of anilines is 1. The van der Waals surface area contributed by atoms with E-state index >= 15 is 0 Å². The summed E-state index contributed by atoms with van der Waals surface area (Å²) in [5, 5.41) is 8.19. The Hall–Kier alpha value is -1.82. The second-order valence-electron chi connectivity index (χ2n) is 9.00. The van der Waals surface area contributed by atoms with Crippen molar-refractivity contribution < 1.29 is 9.53 Å². The zero-order valence-electron chi connectivity index (χ0n) is 16.4. The fourth-order valence-corrected chi connectivity index (χ4v) is 5.60. The predicted octanol–water partition coefficient (Wildman–Crippen LogP) is 4.43. The van der Waals surface area contributed by atoms with E-state index in [9.17, 15) is 4.79 Å². The number of ether oxygens (including phenoxy) is 1. The molecule has 4 aliphatic rings. The first-order valence-electron chi connectivity index (χ1n) is 10.5. The van der Waals surface area contributed by atoms with Gasteiger partial charge in [-0.05, 0) is 85.9 Å². The first-order chi connectivity index (χ1) is 13.5. The zero-order chi connectivity index (χ0) is 19.5. The van der Waals surface area contributed by atoms with Crippen molar-refractivity contribution in [2.75, 3.05) is 11.9 Å². The van der Waals surface area contributed by atoms with Gasteiger partial charge in [-0.2, -0.15) is 4.98 Å². The molecule has 28 heavy (non-hydrogen) atoms. The van der Waals surface area contributed by atoms with E-state index in [2.05, 4.69) is 34.6 Å². The molecular weight excluding hydrogens is 376 g/mol. The highest BCUT2D eigenvalue weighted by atomic mass is 35.5. The van der Waals surface area contributed by atoms with Gasteiger partial charge in [-0.15, -0.1) is 5.10 Å². The molecule has 2 heterocycles. The summed E-state index contributed by atoms with van der Waals surface area (Å²) in [6, 6.07) is 2.18. The van der Waals surface area contributed by atoms with E-state index in [0.29, 0.717) is 18.4 Å². The lowest BCUT2D eigenvalue weighted by Gasteiger charge is -2.54. The van der Waals surface area contributed by atoms with Gasteiger partial charge in [-0.3, -0.25) is 4.79 Å². The number of hydrogen-bond donors (Lipinski definition) is 1. The van der Waals surface area contributed by atoms with E-state index in [1.54, 1.807) is 0 Å². The molecule has 2 aromatic heterocycles. The Morgan fingerprint density at radius 1 is 1.36 bits per heavy atom. The number of nitrogens with one attached hydrogen (secondary N) is 1. The number of hydrogen-bond acceptors (Lipinski definition) is 5. The summed E-state index contributed by atoms with van der Waals surface area (Å²) in [7, 11) is 0. The maximum absolute atomic E-state index is 12.9. The Morgan fingerprint density at radius 3 is 2.79 bits per heavy atom. The molecule has 0 aromatic carbocycles. The number of carbonyl (C=O) groups excluding carboxylic acids is 1. The van der Waals surface area contributed by atoms with Crippen molar-refractivity contribution in [1.82, 2.24) is 14.6 Å². The second-order valence-corrected chi connectivity index (χ2v) is 9.34. The molecule has 0 aliphatic heterocycles. The van der Waals surface area contributed by atoms with Gasteiger partial charge in [-0.25, -0.2) is 4.52 Å². The van der Waals surface area contributed by atoms with Crippen LogP contribution in [0.1, 0.15) is 63.9 Å². The van der Waals surface area contributed by atoms with Crippen LogP contribution in [0.4, 0.5) is 5.82 Å². The van der Waals surface area contributed by atoms with Crippen LogP contribution in [0.25, 0.3) is 5.52 Å². The lowest BCUT2D eigenvalue weighted by molar-refractivity contribution is -0.160. The minimum Gasteiger partial charge on any atom is -0.466 e. The quantitative estimate of drug-likeness (QED) is 0.749. The predicted molar refractivity (Wildman–Crippen MR) is 108 cm³/mol. The van der Waals surface area contributed by atoms with Crippen LogP contribution in [0.15, 0.2) is 12.3 Å². The number of rotatable bonds is 5. The molecule has 6 rings (SSSR count). The van der Waals surface area contributed by atoms with Crippen molar-refractivity contribution in [3.63, 3.8) is 0 Å². The molecule has 6 nitrogen and oxygen atoms in total. The highest BCUT2D eigenvalue weighted by Crippen LogP contribution is 2.54. The van der Waals surface area contributed by atoms with E-state index in [1.165, 1.54) is 18.4 Å². The van der Waals surface area contributed by atoms with Crippen LogP contribution in [0.3, 0.4) is 0 Å². The molecular formula is C21H27ClN4O2. The molecule has 4 aliphatic carbocycles. The third-order valence-corrected chi connectivity index (χ3v) is 7.30. The molecule has 4 fully saturated rings. The number of aromatic nitrogens is 3. The SMILES string of the molecule is CCOC(=O)[C@@H]1[C@@H](Nc2nc(Cl)nn3cc(C4CC4)cc23)C2CCC1(C)CC2. The molecule has 1 N–H and O–H groups in total. The molecule has 0 spiro atoms. The van der Waals surface area contributed by atoms with Crippen LogP contribution in [0.2, 0.25) is 5.28 Å². The Balaban J connectivity index is 1.52. The van der Waals surface area contributed by atoms with Gasteiger partial charge in [0.25, 0.3) is 0 Å². The van der Waals surface area contributed by atoms with E-state index in [4.69, 9.17) is 16.3 Å². The Bertz CT molecular complexity index is 915. The maximum atomic E-state index is 12.9. The van der Waals surface area contributed by atoms with Crippen LogP contribution in [0.5, 0.6) is 0 Å². The fourth-order valence-electron chi connectivity index (χ4n) is 5.44. The van der Waals surface area contributed by atoms with E-state index in [1.807, 2.05) is 11.4 Å². The summed E-state index contributed by atoms with van der Waals surface area (Å²) in [6.45, 7) is 4.52. The molecule has 0 saturated heterocycles. The van der Waals surface area contributed by atoms with Gasteiger partial charge in [0.15, 0.2) is 5.82 Å². The van der Waals surface area contributed by atoms with E-state index < -0.39 is 0 Å². The summed E-state index contributed by atoms with van der Waals surface area (Å²) in [4.78, 5) is 17.4. The number of fused-ring (bicyclic) bond motifs is 4. The normalized spacial score (nSPS) is 31.9. The van der Waals surface area contributed by atoms with Gasteiger partial charge < -0.3 is 10.1 Å². The molecule has 2 atom stereocenters. The molecule has 7 heteroatoms. The zero-order valence-corrected chi connectivity index (χ0v) is 17.2. The van der Waals surface area contributed by atoms with Crippen LogP contribution in [-0.4, -0.2) is 33.2 Å². The summed E-state index contributed by atoms with van der Waals surface area (Å²) in [5.74, 6) is 1.55. The van der Waals surface area contributed by atoms with Gasteiger partial charge in [0.05, 0.1) is 12.5 Å². The average molecular weight is 403 g/mol. The van der Waals surface area contributed by atoms with Crippen molar-refractivity contribution in [1.29, 1.82) is 0 Å². The van der Waals surface area contributed by atoms with Crippen LogP contribution < -0.4 is 5.32 Å². The largest absolute Gasteiger partial charge is 0.466 e. The third kappa shape index (κ3) is 2.97. The van der Waals surface area contributed by atoms with Crippen molar-refractivity contribution in [3.05, 3.63) is 23.1 Å². The standard InChI is InChI=1S/C21H27ClN4O2/c1-3-28-19(27)16-17(13-6-8-21(16,2)9-7-13)23-18-15-10-14(12-4-5-12)11-26(15)25-20(22)24-18/h10-13,16-17H,3-9H2,1-2H3,(H,23,24,25)/t13?,16-,17-,21?/m0/s1. The van der Waals surface area contributed by atoms with Gasteiger partial charge in [0.2, 0.25) is 5.28 Å². The molecule has 0 amide bonds. The number of nitrogens with zero attached hydrogens (tertiary/aromatic N) is 3. The fraction of sp³-hybridized carbons (Fsp3) is 0.667. The molecule has 0 radical (unpaired) electrons. The topological polar surface area (TPSA) is 68.5 Å². The Kier molecular flexibility index (Phi) is 4.30. The average Bonchev–Trinajstić information content (AvgIpc) is 3.41. The van der Waals surface area contributed by atoms with Crippen molar-refractivity contribution in [3.8, 4) is 0 Å². The molecule has 2 aromatic rings. The third-order valence-electron chi connectivity index (χ3n) is 7.14. The monoisotopic (exact) mass is 402 g/mol. The van der Waals surface area contributed by atoms with Crippen molar-refractivity contribution in [2.45, 2.75) is 64.3 Å². The minimum atomic E-state index is -0.161. The van der Waals surface area contributed by atoms with Gasteiger partial charge in [0.1, 0.15) is 5.52 Å². The first kappa shape index (κ1) is 18.2. The van der Waals surface area contributed by atoms with Crippen LogP contribution in [0, 0.1) is 17.3 Å². The molecule has 0 unspecified atom stereocenters. The van der Waals surface area contributed by atoms with Crippen LogP contribution >= 0.6 is 11.6 Å². The van der Waals surface area contributed by atoms with Gasteiger partial charge in [0, 0.05) is 12.2 Å². The smallest absolute Gasteiger partial charge is 0.311 e. The van der Waals surface area contributed by atoms with Gasteiger partial charge >= 0.3 is 5.97 Å².